The molecule has 0 spiro atoms. The Morgan fingerprint density at radius 1 is 1.08 bits per heavy atom. The van der Waals surface area contributed by atoms with Gasteiger partial charge in [0.2, 0.25) is 5.90 Å². The number of methoxy groups -OCH3 is 1. The van der Waals surface area contributed by atoms with E-state index < -0.39 is 0 Å². The third-order valence-electron chi connectivity index (χ3n) is 4.47. The second kappa shape index (κ2) is 7.47. The number of benzene rings is 2. The fourth-order valence-electron chi connectivity index (χ4n) is 3.01. The highest BCUT2D eigenvalue weighted by atomic mass is 16.5. The molecule has 2 aliphatic rings. The summed E-state index contributed by atoms with van der Waals surface area (Å²) in [6.07, 6.45) is 0.844. The van der Waals surface area contributed by atoms with Crippen LogP contribution in [0.1, 0.15) is 23.6 Å². The van der Waals surface area contributed by atoms with Crippen LogP contribution in [-0.2, 0) is 4.74 Å². The maximum absolute atomic E-state index is 5.70. The Bertz CT molecular complexity index is 813. The van der Waals surface area contributed by atoms with Crippen molar-refractivity contribution in [2.24, 2.45) is 10.1 Å². The lowest BCUT2D eigenvalue weighted by Crippen LogP contribution is -2.11. The van der Waals surface area contributed by atoms with Gasteiger partial charge in [-0.1, -0.05) is 12.1 Å². The van der Waals surface area contributed by atoms with Gasteiger partial charge in [0.05, 0.1) is 25.4 Å². The molecule has 0 fully saturated rings. The summed E-state index contributed by atoms with van der Waals surface area (Å²) in [5, 5.41) is 4.50. The van der Waals surface area contributed by atoms with Crippen molar-refractivity contribution in [2.45, 2.75) is 12.5 Å². The number of hydrogen-bond donors (Lipinski definition) is 1. The van der Waals surface area contributed by atoms with Gasteiger partial charge in [-0.2, -0.15) is 5.10 Å². The van der Waals surface area contributed by atoms with Crippen molar-refractivity contribution in [3.05, 3.63) is 59.7 Å². The Kier molecular flexibility index (Phi) is 4.73. The summed E-state index contributed by atoms with van der Waals surface area (Å²) >= 11 is 0. The molecule has 2 aliphatic heterocycles. The Balaban J connectivity index is 1.35. The highest BCUT2D eigenvalue weighted by molar-refractivity contribution is 6.01. The topological polar surface area (TPSA) is 64.4 Å². The first kappa shape index (κ1) is 16.4. The van der Waals surface area contributed by atoms with E-state index in [4.69, 9.17) is 14.2 Å². The van der Waals surface area contributed by atoms with Gasteiger partial charge in [0.25, 0.3) is 0 Å². The van der Waals surface area contributed by atoms with Crippen LogP contribution in [0.4, 0.5) is 0 Å². The summed E-state index contributed by atoms with van der Waals surface area (Å²) in [6, 6.07) is 16.2. The number of hydrazone groups is 1. The highest BCUT2D eigenvalue weighted by Gasteiger charge is 2.21. The van der Waals surface area contributed by atoms with Crippen LogP contribution >= 0.6 is 0 Å². The van der Waals surface area contributed by atoms with E-state index in [0.717, 1.165) is 35.7 Å². The molecule has 1 unspecified atom stereocenters. The van der Waals surface area contributed by atoms with Crippen molar-refractivity contribution in [1.82, 2.24) is 5.43 Å². The van der Waals surface area contributed by atoms with Gasteiger partial charge in [0, 0.05) is 6.42 Å². The Hall–Kier alpha value is -3.02. The molecule has 0 amide bonds. The molecule has 0 radical (unpaired) electrons. The predicted molar refractivity (Wildman–Crippen MR) is 100 cm³/mol. The fraction of sp³-hybridized carbons (Fsp3) is 0.300. The van der Waals surface area contributed by atoms with E-state index in [2.05, 4.69) is 27.7 Å². The third kappa shape index (κ3) is 3.64. The van der Waals surface area contributed by atoms with E-state index in [-0.39, 0.29) is 6.04 Å². The number of rotatable bonds is 6. The first-order valence-electron chi connectivity index (χ1n) is 8.67. The van der Waals surface area contributed by atoms with Gasteiger partial charge >= 0.3 is 0 Å². The van der Waals surface area contributed by atoms with Crippen LogP contribution < -0.4 is 14.9 Å². The maximum Gasteiger partial charge on any atom is 0.222 e. The molecule has 4 rings (SSSR count). The van der Waals surface area contributed by atoms with Gasteiger partial charge in [-0.05, 0) is 47.5 Å². The van der Waals surface area contributed by atoms with E-state index in [0.29, 0.717) is 19.1 Å². The lowest BCUT2D eigenvalue weighted by molar-refractivity contribution is 0.293. The van der Waals surface area contributed by atoms with Crippen molar-refractivity contribution >= 4 is 11.6 Å². The first-order valence-corrected chi connectivity index (χ1v) is 8.67. The third-order valence-corrected chi connectivity index (χ3v) is 4.47. The number of ether oxygens (including phenoxy) is 3. The molecular formula is C20H21N3O3. The number of aliphatic imine (C=N–C) groups is 1. The molecule has 0 saturated heterocycles. The molecule has 26 heavy (non-hydrogen) atoms. The van der Waals surface area contributed by atoms with E-state index in [9.17, 15) is 0 Å². The second-order valence-corrected chi connectivity index (χ2v) is 6.15. The van der Waals surface area contributed by atoms with Crippen LogP contribution in [0.25, 0.3) is 0 Å². The lowest BCUT2D eigenvalue weighted by atomic mass is 9.99. The van der Waals surface area contributed by atoms with Crippen molar-refractivity contribution in [1.29, 1.82) is 0 Å². The first-order chi connectivity index (χ1) is 12.8. The standard InChI is InChI=1S/C20H21N3O3/c1-24-16-6-2-14(3-7-16)18-12-19(23-22-18)15-4-8-17(9-5-15)26-13-20-21-10-11-25-20/h2-9,18,22H,10-13H2,1H3. The van der Waals surface area contributed by atoms with Gasteiger partial charge in [0.15, 0.2) is 6.61 Å². The highest BCUT2D eigenvalue weighted by Crippen LogP contribution is 2.26. The molecule has 0 aliphatic carbocycles. The average molecular weight is 351 g/mol. The van der Waals surface area contributed by atoms with Crippen LogP contribution in [0.15, 0.2) is 58.6 Å². The van der Waals surface area contributed by atoms with E-state index >= 15 is 0 Å². The molecule has 6 nitrogen and oxygen atoms in total. The summed E-state index contributed by atoms with van der Waals surface area (Å²) in [5.74, 6) is 2.32. The smallest absolute Gasteiger partial charge is 0.222 e. The normalized spacial score (nSPS) is 18.6. The molecule has 2 aromatic carbocycles. The fourth-order valence-corrected chi connectivity index (χ4v) is 3.01. The van der Waals surface area contributed by atoms with Crippen molar-refractivity contribution in [3.8, 4) is 11.5 Å². The SMILES string of the molecule is COc1ccc(C2CC(c3ccc(OCC4=NCCO4)cc3)=NN2)cc1. The van der Waals surface area contributed by atoms with Crippen LogP contribution in [0.2, 0.25) is 0 Å². The van der Waals surface area contributed by atoms with E-state index in [1.165, 1.54) is 5.56 Å². The largest absolute Gasteiger partial charge is 0.497 e. The molecule has 1 N–H and O–H groups in total. The average Bonchev–Trinajstić information content (AvgIpc) is 3.39. The molecule has 0 saturated carbocycles. The van der Waals surface area contributed by atoms with Crippen molar-refractivity contribution in [3.63, 3.8) is 0 Å². The van der Waals surface area contributed by atoms with Crippen LogP contribution in [0, 0.1) is 0 Å². The van der Waals surface area contributed by atoms with Crippen LogP contribution in [0.3, 0.4) is 0 Å². The monoisotopic (exact) mass is 351 g/mol. The number of nitrogens with one attached hydrogen (secondary N) is 1. The molecule has 2 aromatic rings. The molecule has 0 aromatic heterocycles. The minimum absolute atomic E-state index is 0.185. The van der Waals surface area contributed by atoms with Gasteiger partial charge in [0.1, 0.15) is 18.1 Å². The number of nitrogens with zero attached hydrogens (tertiary/aromatic N) is 2. The Labute approximate surface area is 152 Å². The summed E-state index contributed by atoms with van der Waals surface area (Å²) in [7, 11) is 1.67. The Morgan fingerprint density at radius 2 is 1.85 bits per heavy atom. The molecule has 6 heteroatoms. The summed E-state index contributed by atoms with van der Waals surface area (Å²) in [5.41, 5.74) is 6.55. The van der Waals surface area contributed by atoms with Crippen LogP contribution in [-0.4, -0.2) is 38.5 Å². The van der Waals surface area contributed by atoms with Crippen LogP contribution in [0.5, 0.6) is 11.5 Å². The van der Waals surface area contributed by atoms with Gasteiger partial charge in [-0.3, -0.25) is 0 Å². The van der Waals surface area contributed by atoms with Crippen molar-refractivity contribution < 1.29 is 14.2 Å². The van der Waals surface area contributed by atoms with E-state index in [1.807, 2.05) is 36.4 Å². The second-order valence-electron chi connectivity index (χ2n) is 6.15. The molecular weight excluding hydrogens is 330 g/mol. The van der Waals surface area contributed by atoms with Crippen molar-refractivity contribution in [2.75, 3.05) is 26.9 Å². The van der Waals surface area contributed by atoms with Gasteiger partial charge in [-0.25, -0.2) is 4.99 Å². The number of hydrogen-bond acceptors (Lipinski definition) is 6. The summed E-state index contributed by atoms with van der Waals surface area (Å²) < 4.78 is 16.2. The Morgan fingerprint density at radius 3 is 2.54 bits per heavy atom. The molecule has 2 heterocycles. The zero-order valence-electron chi connectivity index (χ0n) is 14.6. The maximum atomic E-state index is 5.70. The van der Waals surface area contributed by atoms with E-state index in [1.54, 1.807) is 7.11 Å². The summed E-state index contributed by atoms with van der Waals surface area (Å²) in [6.45, 7) is 1.75. The predicted octanol–water partition coefficient (Wildman–Crippen LogP) is 2.94. The molecule has 0 bridgehead atoms. The molecule has 1 atom stereocenters. The quantitative estimate of drug-likeness (QED) is 0.869. The lowest BCUT2D eigenvalue weighted by Gasteiger charge is -2.11. The minimum atomic E-state index is 0.185. The van der Waals surface area contributed by atoms with Gasteiger partial charge < -0.3 is 19.6 Å². The zero-order chi connectivity index (χ0) is 17.8. The van der Waals surface area contributed by atoms with Gasteiger partial charge in [-0.15, -0.1) is 0 Å². The summed E-state index contributed by atoms with van der Waals surface area (Å²) in [4.78, 5) is 4.21. The minimum Gasteiger partial charge on any atom is -0.497 e. The zero-order valence-corrected chi connectivity index (χ0v) is 14.6. The molecule has 134 valence electrons.